The van der Waals surface area contributed by atoms with Crippen molar-refractivity contribution in [3.63, 3.8) is 0 Å². The second-order valence-corrected chi connectivity index (χ2v) is 3.94. The van der Waals surface area contributed by atoms with Crippen LogP contribution in [0.15, 0.2) is 10.5 Å². The number of pyridine rings is 1. The summed E-state index contributed by atoms with van der Waals surface area (Å²) in [5.74, 6) is -0.746. The summed E-state index contributed by atoms with van der Waals surface area (Å²) in [4.78, 5) is 15.1. The summed E-state index contributed by atoms with van der Waals surface area (Å²) in [6, 6.07) is 1.36. The third kappa shape index (κ3) is 3.19. The van der Waals surface area contributed by atoms with Crippen LogP contribution in [0.4, 0.5) is 8.78 Å². The third-order valence-corrected chi connectivity index (χ3v) is 2.59. The zero-order valence-corrected chi connectivity index (χ0v) is 10.6. The van der Waals surface area contributed by atoms with E-state index in [4.69, 9.17) is 10.5 Å². The van der Waals surface area contributed by atoms with Gasteiger partial charge in [0.25, 0.3) is 6.43 Å². The van der Waals surface area contributed by atoms with Gasteiger partial charge >= 0.3 is 5.97 Å². The first-order valence-corrected chi connectivity index (χ1v) is 5.65. The zero-order valence-electron chi connectivity index (χ0n) is 9.04. The molecule has 1 rings (SSSR count). The molecule has 0 spiro atoms. The maximum absolute atomic E-state index is 12.7. The van der Waals surface area contributed by atoms with E-state index >= 15 is 0 Å². The van der Waals surface area contributed by atoms with Crippen LogP contribution < -0.4 is 5.73 Å². The molecule has 0 amide bonds. The molecule has 0 aliphatic heterocycles. The monoisotopic (exact) mass is 308 g/mol. The van der Waals surface area contributed by atoms with Crippen LogP contribution in [0, 0.1) is 0 Å². The average Bonchev–Trinajstić information content (AvgIpc) is 2.28. The Morgan fingerprint density at radius 3 is 2.76 bits per heavy atom. The number of halogens is 3. The van der Waals surface area contributed by atoms with Crippen molar-refractivity contribution in [2.24, 2.45) is 5.73 Å². The minimum atomic E-state index is -2.78. The molecular weight excluding hydrogens is 298 g/mol. The molecule has 0 unspecified atom stereocenters. The van der Waals surface area contributed by atoms with Gasteiger partial charge in [0.15, 0.2) is 5.69 Å². The van der Waals surface area contributed by atoms with Gasteiger partial charge in [-0.15, -0.1) is 0 Å². The Kier molecular flexibility index (Phi) is 4.95. The van der Waals surface area contributed by atoms with E-state index in [0.717, 1.165) is 0 Å². The molecule has 0 bridgehead atoms. The minimum absolute atomic E-state index is 0.0750. The number of aromatic nitrogens is 1. The number of carbonyl (C=O) groups is 1. The van der Waals surface area contributed by atoms with Crippen molar-refractivity contribution >= 4 is 21.9 Å². The summed E-state index contributed by atoms with van der Waals surface area (Å²) in [7, 11) is 0. The first-order chi connectivity index (χ1) is 8.01. The van der Waals surface area contributed by atoms with E-state index < -0.39 is 18.1 Å². The van der Waals surface area contributed by atoms with Crippen molar-refractivity contribution in [1.82, 2.24) is 4.98 Å². The van der Waals surface area contributed by atoms with Gasteiger partial charge in [-0.2, -0.15) is 0 Å². The Bertz CT molecular complexity index is 427. The highest BCUT2D eigenvalue weighted by Gasteiger charge is 2.21. The van der Waals surface area contributed by atoms with Crippen molar-refractivity contribution in [3.05, 3.63) is 27.5 Å². The van der Waals surface area contributed by atoms with Crippen LogP contribution in [-0.2, 0) is 11.3 Å². The van der Waals surface area contributed by atoms with E-state index in [0.29, 0.717) is 4.47 Å². The first kappa shape index (κ1) is 14.0. The zero-order chi connectivity index (χ0) is 13.0. The molecule has 0 saturated carbocycles. The molecule has 0 atom stereocenters. The SMILES string of the molecule is CCOC(=O)c1nc(C(F)F)c(CN)cc1Br. The molecule has 0 aliphatic rings. The Hall–Kier alpha value is -1.08. The number of nitrogens with zero attached hydrogens (tertiary/aromatic N) is 1. The maximum atomic E-state index is 12.7. The molecule has 0 saturated heterocycles. The molecule has 1 heterocycles. The molecule has 94 valence electrons. The van der Waals surface area contributed by atoms with Gasteiger partial charge in [0.05, 0.1) is 11.1 Å². The number of hydrogen-bond acceptors (Lipinski definition) is 4. The second-order valence-electron chi connectivity index (χ2n) is 3.09. The van der Waals surface area contributed by atoms with Crippen LogP contribution >= 0.6 is 15.9 Å². The Morgan fingerprint density at radius 2 is 2.29 bits per heavy atom. The van der Waals surface area contributed by atoms with Crippen LogP contribution in [0.2, 0.25) is 0 Å². The summed E-state index contributed by atoms with van der Waals surface area (Å²) in [6.07, 6.45) is -2.78. The Labute approximate surface area is 105 Å². The number of nitrogens with two attached hydrogens (primary N) is 1. The number of hydrogen-bond donors (Lipinski definition) is 1. The highest BCUT2D eigenvalue weighted by Crippen LogP contribution is 2.26. The van der Waals surface area contributed by atoms with Crippen LogP contribution in [0.25, 0.3) is 0 Å². The Balaban J connectivity index is 3.24. The second kappa shape index (κ2) is 6.02. The molecule has 7 heteroatoms. The van der Waals surface area contributed by atoms with E-state index in [-0.39, 0.29) is 24.4 Å². The third-order valence-electron chi connectivity index (χ3n) is 1.98. The lowest BCUT2D eigenvalue weighted by Gasteiger charge is -2.10. The summed E-state index contributed by atoms with van der Waals surface area (Å²) in [5.41, 5.74) is 4.87. The van der Waals surface area contributed by atoms with E-state index in [1.165, 1.54) is 6.07 Å². The fraction of sp³-hybridized carbons (Fsp3) is 0.400. The van der Waals surface area contributed by atoms with Crippen molar-refractivity contribution in [2.45, 2.75) is 19.9 Å². The van der Waals surface area contributed by atoms with Crippen molar-refractivity contribution in [3.8, 4) is 0 Å². The molecular formula is C10H11BrF2N2O2. The smallest absolute Gasteiger partial charge is 0.358 e. The highest BCUT2D eigenvalue weighted by molar-refractivity contribution is 9.10. The molecule has 1 aromatic rings. The van der Waals surface area contributed by atoms with Gasteiger partial charge in [-0.05, 0) is 34.5 Å². The van der Waals surface area contributed by atoms with E-state index in [1.807, 2.05) is 0 Å². The number of alkyl halides is 2. The van der Waals surface area contributed by atoms with Gasteiger partial charge in [0.1, 0.15) is 5.69 Å². The van der Waals surface area contributed by atoms with Gasteiger partial charge in [-0.25, -0.2) is 18.6 Å². The van der Waals surface area contributed by atoms with Crippen LogP contribution in [0.1, 0.15) is 35.1 Å². The van der Waals surface area contributed by atoms with Gasteiger partial charge in [-0.3, -0.25) is 0 Å². The lowest BCUT2D eigenvalue weighted by molar-refractivity contribution is 0.0516. The normalized spacial score (nSPS) is 10.7. The van der Waals surface area contributed by atoms with E-state index in [1.54, 1.807) is 6.92 Å². The molecule has 17 heavy (non-hydrogen) atoms. The lowest BCUT2D eigenvalue weighted by atomic mass is 10.1. The summed E-state index contributed by atoms with van der Waals surface area (Å²) >= 11 is 3.08. The van der Waals surface area contributed by atoms with Crippen LogP contribution in [0.3, 0.4) is 0 Å². The van der Waals surface area contributed by atoms with Gasteiger partial charge < -0.3 is 10.5 Å². The van der Waals surface area contributed by atoms with E-state index in [9.17, 15) is 13.6 Å². The molecule has 0 aliphatic carbocycles. The number of esters is 1. The van der Waals surface area contributed by atoms with Crippen molar-refractivity contribution in [2.75, 3.05) is 6.61 Å². The highest BCUT2D eigenvalue weighted by atomic mass is 79.9. The fourth-order valence-corrected chi connectivity index (χ4v) is 1.76. The van der Waals surface area contributed by atoms with Crippen LogP contribution in [-0.4, -0.2) is 17.6 Å². The van der Waals surface area contributed by atoms with Crippen LogP contribution in [0.5, 0.6) is 0 Å². The minimum Gasteiger partial charge on any atom is -0.461 e. The number of rotatable bonds is 4. The maximum Gasteiger partial charge on any atom is 0.358 e. The van der Waals surface area contributed by atoms with E-state index in [2.05, 4.69) is 20.9 Å². The van der Waals surface area contributed by atoms with Gasteiger partial charge in [0, 0.05) is 6.54 Å². The molecule has 2 N–H and O–H groups in total. The number of ether oxygens (including phenoxy) is 1. The Morgan fingerprint density at radius 1 is 1.65 bits per heavy atom. The fourth-order valence-electron chi connectivity index (χ4n) is 1.24. The standard InChI is InChI=1S/C10H11BrF2N2O2/c1-2-17-10(16)8-6(11)3-5(4-14)7(15-8)9(12)13/h3,9H,2,4,14H2,1H3. The largest absolute Gasteiger partial charge is 0.461 e. The molecule has 4 nitrogen and oxygen atoms in total. The molecule has 0 fully saturated rings. The van der Waals surface area contributed by atoms with Gasteiger partial charge in [-0.1, -0.05) is 0 Å². The average molecular weight is 309 g/mol. The van der Waals surface area contributed by atoms with Crippen molar-refractivity contribution < 1.29 is 18.3 Å². The summed E-state index contributed by atoms with van der Waals surface area (Å²) in [6.45, 7) is 1.69. The number of carbonyl (C=O) groups excluding carboxylic acids is 1. The lowest BCUT2D eigenvalue weighted by Crippen LogP contribution is -2.13. The quantitative estimate of drug-likeness (QED) is 0.868. The molecule has 1 aromatic heterocycles. The topological polar surface area (TPSA) is 65.2 Å². The summed E-state index contributed by atoms with van der Waals surface area (Å²) in [5, 5.41) is 0. The summed E-state index contributed by atoms with van der Waals surface area (Å²) < 4.78 is 30.4. The predicted octanol–water partition coefficient (Wildman–Crippen LogP) is 2.42. The molecule has 0 radical (unpaired) electrons. The predicted molar refractivity (Wildman–Crippen MR) is 60.7 cm³/mol. The molecule has 0 aromatic carbocycles. The van der Waals surface area contributed by atoms with Crippen molar-refractivity contribution in [1.29, 1.82) is 0 Å². The van der Waals surface area contributed by atoms with Gasteiger partial charge in [0.2, 0.25) is 0 Å². The first-order valence-electron chi connectivity index (χ1n) is 4.85.